The van der Waals surface area contributed by atoms with Crippen molar-refractivity contribution in [1.29, 1.82) is 0 Å². The maximum absolute atomic E-state index is 4.69. The van der Waals surface area contributed by atoms with Gasteiger partial charge in [0.2, 0.25) is 0 Å². The lowest BCUT2D eigenvalue weighted by molar-refractivity contribution is 0.438. The van der Waals surface area contributed by atoms with Gasteiger partial charge in [0.1, 0.15) is 12.2 Å². The second-order valence-electron chi connectivity index (χ2n) is 7.18. The van der Waals surface area contributed by atoms with Crippen molar-refractivity contribution < 1.29 is 0 Å². The molecule has 0 spiro atoms. The van der Waals surface area contributed by atoms with Gasteiger partial charge in [0, 0.05) is 32.4 Å². The number of aromatic nitrogens is 3. The van der Waals surface area contributed by atoms with Crippen LogP contribution in [0.1, 0.15) is 38.1 Å². The first-order chi connectivity index (χ1) is 13.2. The number of rotatable bonds is 6. The summed E-state index contributed by atoms with van der Waals surface area (Å²) < 4.78 is 1.76. The van der Waals surface area contributed by atoms with Gasteiger partial charge in [-0.3, -0.25) is 4.68 Å². The van der Waals surface area contributed by atoms with E-state index in [1.165, 1.54) is 24.1 Å². The molecule has 0 amide bonds. The molecule has 0 saturated carbocycles. The summed E-state index contributed by atoms with van der Waals surface area (Å²) in [5.74, 6) is 2.52. The van der Waals surface area contributed by atoms with Gasteiger partial charge in [-0.1, -0.05) is 19.1 Å². The Hall–Kier alpha value is -2.57. The molecule has 0 aliphatic carbocycles. The molecule has 3 rings (SSSR count). The summed E-state index contributed by atoms with van der Waals surface area (Å²) in [6.45, 7) is 8.79. The smallest absolute Gasteiger partial charge is 0.191 e. The van der Waals surface area contributed by atoms with Crippen molar-refractivity contribution >= 4 is 11.6 Å². The lowest BCUT2D eigenvalue weighted by atomic mass is 9.99. The van der Waals surface area contributed by atoms with Gasteiger partial charge in [-0.2, -0.15) is 5.10 Å². The number of benzene rings is 1. The quantitative estimate of drug-likeness (QED) is 0.604. The van der Waals surface area contributed by atoms with Crippen LogP contribution < -0.4 is 15.5 Å². The van der Waals surface area contributed by atoms with E-state index in [1.54, 1.807) is 11.0 Å². The van der Waals surface area contributed by atoms with E-state index < -0.39 is 0 Å². The van der Waals surface area contributed by atoms with Crippen LogP contribution in [0.3, 0.4) is 0 Å². The Balaban J connectivity index is 1.56. The normalized spacial score (nSPS) is 15.8. The minimum absolute atomic E-state index is 0.592. The van der Waals surface area contributed by atoms with Crippen molar-refractivity contribution in [2.24, 2.45) is 18.0 Å². The summed E-state index contributed by atoms with van der Waals surface area (Å²) in [5.41, 5.74) is 2.53. The van der Waals surface area contributed by atoms with Crippen molar-refractivity contribution in [3.05, 3.63) is 42.0 Å². The topological polar surface area (TPSA) is 70.4 Å². The second kappa shape index (κ2) is 9.39. The number of nitrogens with one attached hydrogen (secondary N) is 2. The van der Waals surface area contributed by atoms with E-state index >= 15 is 0 Å². The summed E-state index contributed by atoms with van der Waals surface area (Å²) in [4.78, 5) is 11.4. The van der Waals surface area contributed by atoms with Crippen LogP contribution in [0.15, 0.2) is 35.6 Å². The van der Waals surface area contributed by atoms with Gasteiger partial charge < -0.3 is 15.5 Å². The van der Waals surface area contributed by atoms with E-state index in [0.717, 1.165) is 37.3 Å². The second-order valence-corrected chi connectivity index (χ2v) is 7.18. The lowest BCUT2D eigenvalue weighted by Crippen LogP contribution is -2.37. The van der Waals surface area contributed by atoms with Gasteiger partial charge in [-0.25, -0.2) is 9.98 Å². The Morgan fingerprint density at radius 2 is 1.93 bits per heavy atom. The maximum atomic E-state index is 4.69. The van der Waals surface area contributed by atoms with E-state index in [0.29, 0.717) is 13.1 Å². The van der Waals surface area contributed by atoms with Crippen molar-refractivity contribution in [1.82, 2.24) is 25.4 Å². The van der Waals surface area contributed by atoms with Crippen LogP contribution in [0, 0.1) is 5.92 Å². The Morgan fingerprint density at radius 1 is 1.19 bits per heavy atom. The Labute approximate surface area is 161 Å². The van der Waals surface area contributed by atoms with Crippen molar-refractivity contribution in [2.45, 2.75) is 39.8 Å². The number of piperidine rings is 1. The highest BCUT2D eigenvalue weighted by atomic mass is 15.3. The minimum atomic E-state index is 0.592. The summed E-state index contributed by atoms with van der Waals surface area (Å²) in [6, 6.07) is 8.81. The predicted molar refractivity (Wildman–Crippen MR) is 110 cm³/mol. The highest BCUT2D eigenvalue weighted by molar-refractivity contribution is 5.79. The molecule has 1 aliphatic heterocycles. The summed E-state index contributed by atoms with van der Waals surface area (Å²) >= 11 is 0. The lowest BCUT2D eigenvalue weighted by Gasteiger charge is -2.32. The largest absolute Gasteiger partial charge is 0.372 e. The number of hydrogen-bond acceptors (Lipinski definition) is 4. The average Bonchev–Trinajstić information content (AvgIpc) is 3.10. The fourth-order valence-electron chi connectivity index (χ4n) is 3.23. The van der Waals surface area contributed by atoms with Crippen LogP contribution in [0.4, 0.5) is 5.69 Å². The van der Waals surface area contributed by atoms with E-state index in [9.17, 15) is 0 Å². The standard InChI is InChI=1S/C20H31N7/c1-4-21-20(23-14-19-24-15-25-26(19)3)22-13-17-5-7-18(8-6-17)27-11-9-16(2)10-12-27/h5-8,15-16H,4,9-14H2,1-3H3,(H2,21,22,23). The Kier molecular flexibility index (Phi) is 6.68. The van der Waals surface area contributed by atoms with Gasteiger partial charge in [-0.05, 0) is 43.4 Å². The molecule has 1 aromatic carbocycles. The highest BCUT2D eigenvalue weighted by Gasteiger charge is 2.15. The fraction of sp³-hybridized carbons (Fsp3) is 0.550. The number of hydrogen-bond donors (Lipinski definition) is 2. The molecule has 7 heteroatoms. The molecule has 27 heavy (non-hydrogen) atoms. The molecule has 0 bridgehead atoms. The zero-order valence-corrected chi connectivity index (χ0v) is 16.6. The number of nitrogens with zero attached hydrogens (tertiary/aromatic N) is 5. The SMILES string of the molecule is CCNC(=NCc1ccc(N2CCC(C)CC2)cc1)NCc1ncnn1C. The van der Waals surface area contributed by atoms with Crippen molar-refractivity contribution in [3.8, 4) is 0 Å². The van der Waals surface area contributed by atoms with Gasteiger partial charge in [-0.15, -0.1) is 0 Å². The molecule has 0 atom stereocenters. The van der Waals surface area contributed by atoms with Crippen LogP contribution in [-0.2, 0) is 20.1 Å². The molecule has 146 valence electrons. The number of anilines is 1. The minimum Gasteiger partial charge on any atom is -0.372 e. The van der Waals surface area contributed by atoms with Crippen LogP contribution in [-0.4, -0.2) is 40.4 Å². The summed E-state index contributed by atoms with van der Waals surface area (Å²) in [7, 11) is 1.89. The zero-order valence-electron chi connectivity index (χ0n) is 16.6. The molecular weight excluding hydrogens is 338 g/mol. The first-order valence-corrected chi connectivity index (χ1v) is 9.84. The molecule has 1 saturated heterocycles. The highest BCUT2D eigenvalue weighted by Crippen LogP contribution is 2.23. The number of aryl methyl sites for hydroxylation is 1. The predicted octanol–water partition coefficient (Wildman–Crippen LogP) is 2.31. The number of aliphatic imine (C=N–C) groups is 1. The number of guanidine groups is 1. The van der Waals surface area contributed by atoms with Gasteiger partial charge >= 0.3 is 0 Å². The molecule has 7 nitrogen and oxygen atoms in total. The van der Waals surface area contributed by atoms with Gasteiger partial charge in [0.05, 0.1) is 13.1 Å². The molecule has 0 unspecified atom stereocenters. The van der Waals surface area contributed by atoms with Crippen molar-refractivity contribution in [2.75, 3.05) is 24.5 Å². The van der Waals surface area contributed by atoms with Crippen LogP contribution >= 0.6 is 0 Å². The van der Waals surface area contributed by atoms with E-state index in [2.05, 4.69) is 68.7 Å². The first kappa shape index (κ1) is 19.2. The molecule has 2 heterocycles. The third-order valence-electron chi connectivity index (χ3n) is 5.07. The molecule has 2 aromatic rings. The van der Waals surface area contributed by atoms with E-state index in [1.807, 2.05) is 7.05 Å². The fourth-order valence-corrected chi connectivity index (χ4v) is 3.23. The summed E-state index contributed by atoms with van der Waals surface area (Å²) in [5, 5.41) is 10.7. The van der Waals surface area contributed by atoms with Gasteiger partial charge in [0.25, 0.3) is 0 Å². The summed E-state index contributed by atoms with van der Waals surface area (Å²) in [6.07, 6.45) is 4.14. The van der Waals surface area contributed by atoms with Crippen LogP contribution in [0.25, 0.3) is 0 Å². The third-order valence-corrected chi connectivity index (χ3v) is 5.07. The molecule has 1 fully saturated rings. The van der Waals surface area contributed by atoms with Crippen molar-refractivity contribution in [3.63, 3.8) is 0 Å². The Bertz CT molecular complexity index is 727. The van der Waals surface area contributed by atoms with E-state index in [4.69, 9.17) is 0 Å². The first-order valence-electron chi connectivity index (χ1n) is 9.84. The monoisotopic (exact) mass is 369 g/mol. The molecule has 1 aromatic heterocycles. The zero-order chi connectivity index (χ0) is 19.1. The Morgan fingerprint density at radius 3 is 2.56 bits per heavy atom. The van der Waals surface area contributed by atoms with Crippen LogP contribution in [0.2, 0.25) is 0 Å². The average molecular weight is 370 g/mol. The van der Waals surface area contributed by atoms with Crippen LogP contribution in [0.5, 0.6) is 0 Å². The maximum Gasteiger partial charge on any atom is 0.191 e. The van der Waals surface area contributed by atoms with E-state index in [-0.39, 0.29) is 0 Å². The van der Waals surface area contributed by atoms with Gasteiger partial charge in [0.15, 0.2) is 5.96 Å². The molecule has 1 aliphatic rings. The molecule has 0 radical (unpaired) electrons. The third kappa shape index (κ3) is 5.45. The molecule has 2 N–H and O–H groups in total. The molecular formula is C20H31N7.